The van der Waals surface area contributed by atoms with E-state index in [0.717, 1.165) is 10.2 Å². The number of allylic oxidation sites excluding steroid dienone is 2. The Balaban J connectivity index is 2.92. The van der Waals surface area contributed by atoms with Crippen LogP contribution in [0.4, 0.5) is 5.69 Å². The van der Waals surface area contributed by atoms with E-state index in [1.54, 1.807) is 0 Å². The van der Waals surface area contributed by atoms with E-state index in [1.165, 1.54) is 20.1 Å². The molecule has 0 aliphatic carbocycles. The zero-order valence-electron chi connectivity index (χ0n) is 9.07. The Bertz CT molecular complexity index is 443. The maximum atomic E-state index is 11.1. The van der Waals surface area contributed by atoms with E-state index in [0.29, 0.717) is 0 Å². The van der Waals surface area contributed by atoms with Crippen LogP contribution in [0.15, 0.2) is 45.1 Å². The molecule has 0 atom stereocenters. The van der Waals surface area contributed by atoms with Gasteiger partial charge < -0.3 is 5.11 Å². The molecule has 84 valence electrons. The molecule has 0 saturated carbocycles. The molecule has 0 radical (unpaired) electrons. The first-order valence-corrected chi connectivity index (χ1v) is 5.50. The number of carbonyl (C=O) groups is 1. The number of aliphatic hydroxyl groups is 1. The van der Waals surface area contributed by atoms with Crippen LogP contribution in [0.1, 0.15) is 13.8 Å². The number of rotatable bonds is 3. The fourth-order valence-corrected chi connectivity index (χ4v) is 1.37. The molecule has 0 spiro atoms. The summed E-state index contributed by atoms with van der Waals surface area (Å²) in [4.78, 5) is 15.2. The second kappa shape index (κ2) is 5.61. The number of halogens is 1. The van der Waals surface area contributed by atoms with Crippen LogP contribution in [-0.4, -0.2) is 17.1 Å². The zero-order chi connectivity index (χ0) is 12.1. The third-order valence-corrected chi connectivity index (χ3v) is 2.47. The summed E-state index contributed by atoms with van der Waals surface area (Å²) in [6, 6.07) is 7.33. The van der Waals surface area contributed by atoms with Crippen molar-refractivity contribution in [2.45, 2.75) is 13.8 Å². The van der Waals surface area contributed by atoms with Crippen molar-refractivity contribution < 1.29 is 9.90 Å². The molecule has 0 bridgehead atoms. The molecule has 0 heterocycles. The monoisotopic (exact) mass is 281 g/mol. The molecule has 3 nitrogen and oxygen atoms in total. The summed E-state index contributed by atoms with van der Waals surface area (Å²) in [6.07, 6.45) is 1.38. The molecule has 16 heavy (non-hydrogen) atoms. The summed E-state index contributed by atoms with van der Waals surface area (Å²) in [5, 5.41) is 9.26. The normalized spacial score (nSPS) is 12.7. The lowest BCUT2D eigenvalue weighted by Crippen LogP contribution is -2.01. The van der Waals surface area contributed by atoms with Gasteiger partial charge in [-0.3, -0.25) is 9.79 Å². The predicted octanol–water partition coefficient (Wildman–Crippen LogP) is 3.57. The highest BCUT2D eigenvalue weighted by Gasteiger charge is 2.04. The van der Waals surface area contributed by atoms with Gasteiger partial charge in [-0.15, -0.1) is 0 Å². The topological polar surface area (TPSA) is 49.7 Å². The van der Waals surface area contributed by atoms with Crippen LogP contribution < -0.4 is 0 Å². The Morgan fingerprint density at radius 1 is 1.31 bits per heavy atom. The van der Waals surface area contributed by atoms with Gasteiger partial charge in [0.1, 0.15) is 5.76 Å². The maximum Gasteiger partial charge on any atom is 0.164 e. The largest absolute Gasteiger partial charge is 0.512 e. The van der Waals surface area contributed by atoms with Crippen molar-refractivity contribution in [3.8, 4) is 0 Å². The van der Waals surface area contributed by atoms with Gasteiger partial charge in [0.15, 0.2) is 5.78 Å². The van der Waals surface area contributed by atoms with Crippen LogP contribution in [0.5, 0.6) is 0 Å². The number of carbonyl (C=O) groups excluding carboxylic acids is 1. The van der Waals surface area contributed by atoms with Gasteiger partial charge in [-0.1, -0.05) is 15.9 Å². The number of nitrogens with zero attached hydrogens (tertiary/aromatic N) is 1. The Morgan fingerprint density at radius 2 is 1.88 bits per heavy atom. The molecule has 0 amide bonds. The van der Waals surface area contributed by atoms with Gasteiger partial charge in [0.05, 0.1) is 11.3 Å². The van der Waals surface area contributed by atoms with Crippen molar-refractivity contribution in [3.05, 3.63) is 40.1 Å². The van der Waals surface area contributed by atoms with E-state index in [-0.39, 0.29) is 17.1 Å². The van der Waals surface area contributed by atoms with Crippen LogP contribution in [-0.2, 0) is 4.79 Å². The molecule has 1 aromatic carbocycles. The standard InChI is InChI=1S/C12H12BrNO2/c1-8(15)12(9(2)16)7-14-11-5-3-10(13)4-6-11/h3-7,15H,1-2H3. The number of aliphatic imine (C=N–C) groups is 1. The summed E-state index contributed by atoms with van der Waals surface area (Å²) < 4.78 is 0.965. The lowest BCUT2D eigenvalue weighted by atomic mass is 10.2. The van der Waals surface area contributed by atoms with Crippen LogP contribution in [0.2, 0.25) is 0 Å². The van der Waals surface area contributed by atoms with Crippen LogP contribution in [0.3, 0.4) is 0 Å². The highest BCUT2D eigenvalue weighted by molar-refractivity contribution is 9.10. The number of aliphatic hydroxyl groups excluding tert-OH is 1. The van der Waals surface area contributed by atoms with E-state index >= 15 is 0 Å². The van der Waals surface area contributed by atoms with Crippen molar-refractivity contribution in [2.24, 2.45) is 4.99 Å². The van der Waals surface area contributed by atoms with Gasteiger partial charge in [-0.05, 0) is 38.1 Å². The SMILES string of the molecule is CC(=O)C(C=Nc1ccc(Br)cc1)=C(C)O. The van der Waals surface area contributed by atoms with Crippen LogP contribution in [0, 0.1) is 0 Å². The molecular formula is C12H12BrNO2. The first kappa shape index (κ1) is 12.6. The van der Waals surface area contributed by atoms with Gasteiger partial charge in [-0.2, -0.15) is 0 Å². The van der Waals surface area contributed by atoms with E-state index < -0.39 is 0 Å². The molecule has 0 fully saturated rings. The van der Waals surface area contributed by atoms with Crippen LogP contribution >= 0.6 is 15.9 Å². The fourth-order valence-electron chi connectivity index (χ4n) is 1.11. The van der Waals surface area contributed by atoms with Crippen molar-refractivity contribution in [1.82, 2.24) is 0 Å². The van der Waals surface area contributed by atoms with Crippen molar-refractivity contribution in [1.29, 1.82) is 0 Å². The molecule has 0 aliphatic rings. The van der Waals surface area contributed by atoms with E-state index in [2.05, 4.69) is 20.9 Å². The van der Waals surface area contributed by atoms with Gasteiger partial charge in [-0.25, -0.2) is 0 Å². The smallest absolute Gasteiger partial charge is 0.164 e. The van der Waals surface area contributed by atoms with E-state index in [4.69, 9.17) is 0 Å². The maximum absolute atomic E-state index is 11.1. The molecule has 0 unspecified atom stereocenters. The molecular weight excluding hydrogens is 270 g/mol. The number of ketones is 1. The molecule has 0 saturated heterocycles. The minimum atomic E-state index is -0.208. The zero-order valence-corrected chi connectivity index (χ0v) is 10.7. The second-order valence-electron chi connectivity index (χ2n) is 3.29. The quantitative estimate of drug-likeness (QED) is 0.523. The number of benzene rings is 1. The number of hydrogen-bond donors (Lipinski definition) is 1. The van der Waals surface area contributed by atoms with Gasteiger partial charge >= 0.3 is 0 Å². The van der Waals surface area contributed by atoms with Crippen molar-refractivity contribution in [3.63, 3.8) is 0 Å². The second-order valence-corrected chi connectivity index (χ2v) is 4.21. The molecule has 1 rings (SSSR count). The summed E-state index contributed by atoms with van der Waals surface area (Å²) >= 11 is 3.32. The Hall–Kier alpha value is -1.42. The third kappa shape index (κ3) is 3.62. The summed E-state index contributed by atoms with van der Waals surface area (Å²) in [7, 11) is 0. The lowest BCUT2D eigenvalue weighted by Gasteiger charge is -1.98. The molecule has 1 aromatic rings. The molecule has 0 aromatic heterocycles. The fraction of sp³-hybridized carbons (Fsp3) is 0.167. The summed E-state index contributed by atoms with van der Waals surface area (Å²) in [6.45, 7) is 2.85. The Kier molecular flexibility index (Phi) is 4.43. The minimum absolute atomic E-state index is 0.0200. The van der Waals surface area contributed by atoms with E-state index in [1.807, 2.05) is 24.3 Å². The Labute approximate surface area is 103 Å². The van der Waals surface area contributed by atoms with Crippen LogP contribution in [0.25, 0.3) is 0 Å². The first-order chi connectivity index (χ1) is 7.50. The minimum Gasteiger partial charge on any atom is -0.512 e. The third-order valence-electron chi connectivity index (χ3n) is 1.94. The Morgan fingerprint density at radius 3 is 2.31 bits per heavy atom. The number of Topliss-reactive ketones (excluding diaryl/α,β-unsaturated/α-hetero) is 1. The molecule has 1 N–H and O–H groups in total. The average molecular weight is 282 g/mol. The van der Waals surface area contributed by atoms with Crippen molar-refractivity contribution >= 4 is 33.6 Å². The van der Waals surface area contributed by atoms with Gasteiger partial charge in [0.2, 0.25) is 0 Å². The highest BCUT2D eigenvalue weighted by atomic mass is 79.9. The van der Waals surface area contributed by atoms with Gasteiger partial charge in [0.25, 0.3) is 0 Å². The highest BCUT2D eigenvalue weighted by Crippen LogP contribution is 2.16. The van der Waals surface area contributed by atoms with Gasteiger partial charge in [0, 0.05) is 10.7 Å². The summed E-state index contributed by atoms with van der Waals surface area (Å²) in [5.74, 6) is -0.228. The molecule has 4 heteroatoms. The predicted molar refractivity (Wildman–Crippen MR) is 68.3 cm³/mol. The summed E-state index contributed by atoms with van der Waals surface area (Å²) in [5.41, 5.74) is 0.950. The van der Waals surface area contributed by atoms with Crippen molar-refractivity contribution in [2.75, 3.05) is 0 Å². The van der Waals surface area contributed by atoms with E-state index in [9.17, 15) is 9.90 Å². The molecule has 0 aliphatic heterocycles. The number of hydrogen-bond acceptors (Lipinski definition) is 3. The lowest BCUT2D eigenvalue weighted by molar-refractivity contribution is -0.113. The first-order valence-electron chi connectivity index (χ1n) is 4.71. The average Bonchev–Trinajstić information content (AvgIpc) is 2.20.